The molecule has 0 aliphatic heterocycles. The smallest absolute Gasteiger partial charge is 0.223 e. The standard InChI is InChI=1S/C14H10ClN3OS/c1-20(19)13-10(6-4-8-16-13)12-9-5-2-3-7-11(9)17-14(15)18-12/h2-8H,1H3. The van der Waals surface area contributed by atoms with Crippen LogP contribution in [0.25, 0.3) is 22.2 Å². The van der Waals surface area contributed by atoms with E-state index in [0.717, 1.165) is 10.9 Å². The van der Waals surface area contributed by atoms with Crippen LogP contribution in [-0.4, -0.2) is 25.4 Å². The Morgan fingerprint density at radius 3 is 2.70 bits per heavy atom. The molecule has 1 aromatic carbocycles. The van der Waals surface area contributed by atoms with Gasteiger partial charge in [-0.25, -0.2) is 15.0 Å². The predicted octanol–water partition coefficient (Wildman–Crippen LogP) is 3.08. The average molecular weight is 304 g/mol. The molecule has 0 aliphatic rings. The highest BCUT2D eigenvalue weighted by atomic mass is 35.5. The Morgan fingerprint density at radius 2 is 1.90 bits per heavy atom. The molecule has 20 heavy (non-hydrogen) atoms. The van der Waals surface area contributed by atoms with Crippen molar-refractivity contribution in [2.45, 2.75) is 5.03 Å². The number of nitrogens with zero attached hydrogens (tertiary/aromatic N) is 3. The van der Waals surface area contributed by atoms with Gasteiger partial charge in [-0.3, -0.25) is 4.21 Å². The maximum absolute atomic E-state index is 11.8. The quantitative estimate of drug-likeness (QED) is 0.683. The lowest BCUT2D eigenvalue weighted by Crippen LogP contribution is -1.99. The molecular weight excluding hydrogens is 294 g/mol. The number of hydrogen-bond donors (Lipinski definition) is 0. The predicted molar refractivity (Wildman–Crippen MR) is 80.1 cm³/mol. The van der Waals surface area contributed by atoms with Crippen molar-refractivity contribution in [3.63, 3.8) is 0 Å². The van der Waals surface area contributed by atoms with Crippen LogP contribution >= 0.6 is 11.6 Å². The summed E-state index contributed by atoms with van der Waals surface area (Å²) >= 11 is 5.99. The first-order chi connectivity index (χ1) is 9.66. The summed E-state index contributed by atoms with van der Waals surface area (Å²) in [5, 5.41) is 1.51. The van der Waals surface area contributed by atoms with Crippen LogP contribution in [0.1, 0.15) is 0 Å². The first-order valence-corrected chi connectivity index (χ1v) is 7.81. The molecule has 3 rings (SSSR count). The van der Waals surface area contributed by atoms with Crippen LogP contribution in [0.5, 0.6) is 0 Å². The molecule has 0 bridgehead atoms. The molecule has 3 aromatic rings. The molecular formula is C14H10ClN3OS. The molecule has 100 valence electrons. The SMILES string of the molecule is CS(=O)c1ncccc1-c1nc(Cl)nc2ccccc12. The summed E-state index contributed by atoms with van der Waals surface area (Å²) in [4.78, 5) is 12.7. The number of hydrogen-bond acceptors (Lipinski definition) is 4. The summed E-state index contributed by atoms with van der Waals surface area (Å²) in [5.41, 5.74) is 2.12. The second kappa shape index (κ2) is 5.26. The fraction of sp³-hybridized carbons (Fsp3) is 0.0714. The molecule has 1 unspecified atom stereocenters. The number of halogens is 1. The summed E-state index contributed by atoms with van der Waals surface area (Å²) in [5.74, 6) is 0. The van der Waals surface area contributed by atoms with Gasteiger partial charge in [-0.2, -0.15) is 0 Å². The van der Waals surface area contributed by atoms with Gasteiger partial charge in [0.15, 0.2) is 0 Å². The van der Waals surface area contributed by atoms with E-state index in [1.807, 2.05) is 30.3 Å². The monoisotopic (exact) mass is 303 g/mol. The maximum Gasteiger partial charge on any atom is 0.223 e. The number of fused-ring (bicyclic) bond motifs is 1. The molecule has 0 spiro atoms. The Kier molecular flexibility index (Phi) is 3.46. The van der Waals surface area contributed by atoms with Crippen LogP contribution < -0.4 is 0 Å². The Morgan fingerprint density at radius 1 is 1.10 bits per heavy atom. The van der Waals surface area contributed by atoms with Crippen LogP contribution in [0.3, 0.4) is 0 Å². The van der Waals surface area contributed by atoms with Crippen molar-refractivity contribution in [2.24, 2.45) is 0 Å². The van der Waals surface area contributed by atoms with Gasteiger partial charge < -0.3 is 0 Å². The second-order valence-corrected chi connectivity index (χ2v) is 5.80. The molecule has 6 heteroatoms. The van der Waals surface area contributed by atoms with E-state index in [1.165, 1.54) is 0 Å². The minimum atomic E-state index is -1.21. The normalized spacial score (nSPS) is 12.5. The average Bonchev–Trinajstić information content (AvgIpc) is 2.46. The Balaban J connectivity index is 2.38. The molecule has 0 saturated carbocycles. The Hall–Kier alpha value is -1.85. The first-order valence-electron chi connectivity index (χ1n) is 5.88. The van der Waals surface area contributed by atoms with Crippen molar-refractivity contribution in [1.82, 2.24) is 15.0 Å². The van der Waals surface area contributed by atoms with Gasteiger partial charge in [-0.1, -0.05) is 18.2 Å². The first kappa shape index (κ1) is 13.1. The Labute approximate surface area is 123 Å². The van der Waals surface area contributed by atoms with E-state index in [-0.39, 0.29) is 5.28 Å². The molecule has 0 aliphatic carbocycles. The van der Waals surface area contributed by atoms with Crippen molar-refractivity contribution in [3.05, 3.63) is 47.9 Å². The molecule has 4 nitrogen and oxygen atoms in total. The lowest BCUT2D eigenvalue weighted by atomic mass is 10.1. The van der Waals surface area contributed by atoms with Crippen molar-refractivity contribution < 1.29 is 4.21 Å². The molecule has 0 N–H and O–H groups in total. The number of para-hydroxylation sites is 1. The second-order valence-electron chi connectivity index (χ2n) is 4.17. The van der Waals surface area contributed by atoms with Gasteiger partial charge in [0.1, 0.15) is 5.03 Å². The zero-order chi connectivity index (χ0) is 14.1. The minimum Gasteiger partial charge on any atom is -0.253 e. The lowest BCUT2D eigenvalue weighted by molar-refractivity contribution is 0.684. The van der Waals surface area contributed by atoms with E-state index >= 15 is 0 Å². The molecule has 1 atom stereocenters. The molecule has 0 fully saturated rings. The van der Waals surface area contributed by atoms with Gasteiger partial charge >= 0.3 is 0 Å². The van der Waals surface area contributed by atoms with Crippen LogP contribution in [0, 0.1) is 0 Å². The number of benzene rings is 1. The Bertz CT molecular complexity index is 822. The number of rotatable bonds is 2. The van der Waals surface area contributed by atoms with Gasteiger partial charge in [-0.15, -0.1) is 0 Å². The van der Waals surface area contributed by atoms with E-state index in [4.69, 9.17) is 11.6 Å². The number of aromatic nitrogens is 3. The van der Waals surface area contributed by atoms with Gasteiger partial charge in [-0.05, 0) is 29.8 Å². The number of pyridine rings is 1. The van der Waals surface area contributed by atoms with E-state index in [9.17, 15) is 4.21 Å². The van der Waals surface area contributed by atoms with E-state index in [2.05, 4.69) is 15.0 Å². The van der Waals surface area contributed by atoms with Crippen LogP contribution in [0.2, 0.25) is 5.28 Å². The third-order valence-corrected chi connectivity index (χ3v) is 3.91. The largest absolute Gasteiger partial charge is 0.253 e. The molecule has 2 aromatic heterocycles. The summed E-state index contributed by atoms with van der Waals surface area (Å²) in [7, 11) is -1.21. The van der Waals surface area contributed by atoms with Crippen LogP contribution in [-0.2, 0) is 10.8 Å². The van der Waals surface area contributed by atoms with Gasteiger partial charge in [0.2, 0.25) is 5.28 Å². The summed E-state index contributed by atoms with van der Waals surface area (Å²) in [6.45, 7) is 0. The molecule has 0 radical (unpaired) electrons. The van der Waals surface area contributed by atoms with Gasteiger partial charge in [0.05, 0.1) is 22.0 Å². The van der Waals surface area contributed by atoms with Gasteiger partial charge in [0.25, 0.3) is 0 Å². The fourth-order valence-corrected chi connectivity index (χ4v) is 2.91. The van der Waals surface area contributed by atoms with Crippen molar-refractivity contribution in [1.29, 1.82) is 0 Å². The highest BCUT2D eigenvalue weighted by molar-refractivity contribution is 7.84. The van der Waals surface area contributed by atoms with Crippen LogP contribution in [0.15, 0.2) is 47.6 Å². The van der Waals surface area contributed by atoms with Crippen molar-refractivity contribution in [2.75, 3.05) is 6.26 Å². The zero-order valence-electron chi connectivity index (χ0n) is 10.6. The molecule has 0 amide bonds. The van der Waals surface area contributed by atoms with Crippen molar-refractivity contribution in [3.8, 4) is 11.3 Å². The zero-order valence-corrected chi connectivity index (χ0v) is 12.1. The third kappa shape index (κ3) is 2.30. The summed E-state index contributed by atoms with van der Waals surface area (Å²) in [6, 6.07) is 11.2. The highest BCUT2D eigenvalue weighted by Gasteiger charge is 2.14. The third-order valence-electron chi connectivity index (χ3n) is 2.87. The molecule has 0 saturated heterocycles. The highest BCUT2D eigenvalue weighted by Crippen LogP contribution is 2.29. The van der Waals surface area contributed by atoms with Crippen LogP contribution in [0.4, 0.5) is 0 Å². The van der Waals surface area contributed by atoms with E-state index in [0.29, 0.717) is 16.3 Å². The van der Waals surface area contributed by atoms with E-state index in [1.54, 1.807) is 18.5 Å². The van der Waals surface area contributed by atoms with Gasteiger partial charge in [0, 0.05) is 23.4 Å². The fourth-order valence-electron chi connectivity index (χ4n) is 2.05. The minimum absolute atomic E-state index is 0.162. The summed E-state index contributed by atoms with van der Waals surface area (Å²) in [6.07, 6.45) is 3.21. The van der Waals surface area contributed by atoms with Crippen molar-refractivity contribution >= 4 is 33.3 Å². The summed E-state index contributed by atoms with van der Waals surface area (Å²) < 4.78 is 11.8. The lowest BCUT2D eigenvalue weighted by Gasteiger charge is -2.08. The molecule has 2 heterocycles. The van der Waals surface area contributed by atoms with E-state index < -0.39 is 10.8 Å². The topological polar surface area (TPSA) is 55.7 Å². The maximum atomic E-state index is 11.8.